The van der Waals surface area contributed by atoms with Crippen LogP contribution in [0.15, 0.2) is 42.5 Å². The molecule has 0 aromatic heterocycles. The van der Waals surface area contributed by atoms with Crippen molar-refractivity contribution in [1.82, 2.24) is 4.90 Å². The minimum absolute atomic E-state index is 0.749. The first kappa shape index (κ1) is 13.6. The van der Waals surface area contributed by atoms with Crippen LogP contribution < -0.4 is 0 Å². The third-order valence-corrected chi connectivity index (χ3v) is 4.68. The lowest BCUT2D eigenvalue weighted by Crippen LogP contribution is -2.33. The smallest absolute Gasteiger partial charge is 0.00129 e. The second-order valence-electron chi connectivity index (χ2n) is 6.04. The largest absolute Gasteiger partial charge is 0.303 e. The molecule has 20 heavy (non-hydrogen) atoms. The Morgan fingerprint density at radius 3 is 2.55 bits per heavy atom. The van der Waals surface area contributed by atoms with Gasteiger partial charge in [-0.25, -0.2) is 0 Å². The van der Waals surface area contributed by atoms with E-state index in [4.69, 9.17) is 0 Å². The molecular weight excluding hydrogens is 242 g/mol. The Morgan fingerprint density at radius 2 is 1.75 bits per heavy atom. The predicted octanol–water partition coefficient (Wildman–Crippen LogP) is 4.82. The van der Waals surface area contributed by atoms with E-state index in [2.05, 4.69) is 54.3 Å². The number of benzene rings is 2. The topological polar surface area (TPSA) is 3.24 Å². The van der Waals surface area contributed by atoms with Crippen LogP contribution in [0, 0.1) is 0 Å². The van der Waals surface area contributed by atoms with Gasteiger partial charge in [0.05, 0.1) is 0 Å². The van der Waals surface area contributed by atoms with Crippen LogP contribution in [0.4, 0.5) is 0 Å². The lowest BCUT2D eigenvalue weighted by Gasteiger charge is -2.32. The second-order valence-corrected chi connectivity index (χ2v) is 6.04. The molecule has 0 saturated carbocycles. The number of fused-ring (bicyclic) bond motifs is 1. The summed E-state index contributed by atoms with van der Waals surface area (Å²) in [5.74, 6) is 0.749. The molecule has 0 bridgehead atoms. The summed E-state index contributed by atoms with van der Waals surface area (Å²) in [6, 6.07) is 15.6. The van der Waals surface area contributed by atoms with Crippen LogP contribution in [0.3, 0.4) is 0 Å². The van der Waals surface area contributed by atoms with Gasteiger partial charge in [0.15, 0.2) is 0 Å². The number of nitrogens with zero attached hydrogens (tertiary/aromatic N) is 1. The Hall–Kier alpha value is -1.34. The number of rotatable bonds is 4. The first-order chi connectivity index (χ1) is 9.88. The Labute approximate surface area is 122 Å². The summed E-state index contributed by atoms with van der Waals surface area (Å²) in [6.45, 7) is 6.11. The second kappa shape index (κ2) is 6.41. The Kier molecular flexibility index (Phi) is 4.37. The average Bonchev–Trinajstić information content (AvgIpc) is 2.53. The Morgan fingerprint density at radius 1 is 1.00 bits per heavy atom. The SMILES string of the molecule is CCCCN1CCC(c2cccc3ccccc23)CC1. The van der Waals surface area contributed by atoms with E-state index in [0.29, 0.717) is 0 Å². The van der Waals surface area contributed by atoms with Gasteiger partial charge in [-0.3, -0.25) is 0 Å². The van der Waals surface area contributed by atoms with Crippen LogP contribution in [0.2, 0.25) is 0 Å². The molecule has 2 aromatic rings. The highest BCUT2D eigenvalue weighted by Gasteiger charge is 2.21. The van der Waals surface area contributed by atoms with E-state index in [1.165, 1.54) is 56.1 Å². The highest BCUT2D eigenvalue weighted by molar-refractivity contribution is 5.86. The maximum Gasteiger partial charge on any atom is -0.00129 e. The van der Waals surface area contributed by atoms with Crippen LogP contribution in [-0.2, 0) is 0 Å². The van der Waals surface area contributed by atoms with Gasteiger partial charge in [-0.1, -0.05) is 55.8 Å². The summed E-state index contributed by atoms with van der Waals surface area (Å²) in [5.41, 5.74) is 1.57. The van der Waals surface area contributed by atoms with Gasteiger partial charge in [0.1, 0.15) is 0 Å². The molecule has 0 atom stereocenters. The molecule has 0 spiro atoms. The van der Waals surface area contributed by atoms with E-state index in [-0.39, 0.29) is 0 Å². The van der Waals surface area contributed by atoms with Gasteiger partial charge in [0, 0.05) is 0 Å². The van der Waals surface area contributed by atoms with Crippen LogP contribution in [0.1, 0.15) is 44.1 Å². The fourth-order valence-corrected chi connectivity index (χ4v) is 3.46. The van der Waals surface area contributed by atoms with Crippen molar-refractivity contribution in [3.05, 3.63) is 48.0 Å². The summed E-state index contributed by atoms with van der Waals surface area (Å²) in [7, 11) is 0. The Bertz CT molecular complexity index is 547. The Balaban J connectivity index is 1.74. The number of unbranched alkanes of at least 4 members (excludes halogenated alkanes) is 1. The predicted molar refractivity (Wildman–Crippen MR) is 87.3 cm³/mol. The van der Waals surface area contributed by atoms with Gasteiger partial charge in [-0.2, -0.15) is 0 Å². The zero-order chi connectivity index (χ0) is 13.8. The van der Waals surface area contributed by atoms with E-state index in [9.17, 15) is 0 Å². The monoisotopic (exact) mass is 267 g/mol. The molecule has 3 rings (SSSR count). The molecule has 0 aliphatic carbocycles. The number of piperidine rings is 1. The van der Waals surface area contributed by atoms with Crippen molar-refractivity contribution in [1.29, 1.82) is 0 Å². The van der Waals surface area contributed by atoms with Crippen LogP contribution in [-0.4, -0.2) is 24.5 Å². The zero-order valence-electron chi connectivity index (χ0n) is 12.5. The van der Waals surface area contributed by atoms with Crippen molar-refractivity contribution in [3.8, 4) is 0 Å². The average molecular weight is 267 g/mol. The molecule has 1 fully saturated rings. The molecule has 2 aromatic carbocycles. The third kappa shape index (κ3) is 2.88. The van der Waals surface area contributed by atoms with Crippen molar-refractivity contribution in [2.24, 2.45) is 0 Å². The fourth-order valence-electron chi connectivity index (χ4n) is 3.46. The number of hydrogen-bond donors (Lipinski definition) is 0. The van der Waals surface area contributed by atoms with Gasteiger partial charge >= 0.3 is 0 Å². The molecule has 0 unspecified atom stereocenters. The zero-order valence-corrected chi connectivity index (χ0v) is 12.5. The van der Waals surface area contributed by atoms with Gasteiger partial charge in [-0.05, 0) is 61.2 Å². The molecule has 0 radical (unpaired) electrons. The van der Waals surface area contributed by atoms with Crippen molar-refractivity contribution < 1.29 is 0 Å². The van der Waals surface area contributed by atoms with Gasteiger partial charge in [-0.15, -0.1) is 0 Å². The minimum atomic E-state index is 0.749. The van der Waals surface area contributed by atoms with Crippen molar-refractivity contribution in [3.63, 3.8) is 0 Å². The maximum absolute atomic E-state index is 2.64. The minimum Gasteiger partial charge on any atom is -0.303 e. The number of hydrogen-bond acceptors (Lipinski definition) is 1. The normalized spacial score (nSPS) is 17.6. The molecule has 106 valence electrons. The summed E-state index contributed by atoms with van der Waals surface area (Å²) >= 11 is 0. The molecule has 1 saturated heterocycles. The summed E-state index contributed by atoms with van der Waals surface area (Å²) in [4.78, 5) is 2.64. The molecule has 1 heterocycles. The molecule has 1 aliphatic heterocycles. The third-order valence-electron chi connectivity index (χ3n) is 4.68. The molecule has 0 amide bonds. The lowest BCUT2D eigenvalue weighted by molar-refractivity contribution is 0.210. The molecule has 1 nitrogen and oxygen atoms in total. The van der Waals surface area contributed by atoms with E-state index in [1.807, 2.05) is 0 Å². The van der Waals surface area contributed by atoms with Crippen molar-refractivity contribution in [2.75, 3.05) is 19.6 Å². The number of likely N-dealkylation sites (tertiary alicyclic amines) is 1. The molecule has 0 N–H and O–H groups in total. The molecule has 1 aliphatic rings. The van der Waals surface area contributed by atoms with E-state index in [1.54, 1.807) is 5.56 Å². The standard InChI is InChI=1S/C19H25N/c1-2-3-13-20-14-11-17(12-15-20)19-10-6-8-16-7-4-5-9-18(16)19/h4-10,17H,2-3,11-15H2,1H3. The quantitative estimate of drug-likeness (QED) is 0.767. The summed E-state index contributed by atoms with van der Waals surface area (Å²) in [5, 5.41) is 2.85. The van der Waals surface area contributed by atoms with Crippen LogP contribution in [0.25, 0.3) is 10.8 Å². The summed E-state index contributed by atoms with van der Waals surface area (Å²) < 4.78 is 0. The van der Waals surface area contributed by atoms with Gasteiger partial charge in [0.2, 0.25) is 0 Å². The van der Waals surface area contributed by atoms with E-state index < -0.39 is 0 Å². The highest BCUT2D eigenvalue weighted by atomic mass is 15.1. The van der Waals surface area contributed by atoms with Gasteiger partial charge in [0.25, 0.3) is 0 Å². The van der Waals surface area contributed by atoms with E-state index in [0.717, 1.165) is 5.92 Å². The van der Waals surface area contributed by atoms with Crippen LogP contribution >= 0.6 is 0 Å². The van der Waals surface area contributed by atoms with Crippen LogP contribution in [0.5, 0.6) is 0 Å². The lowest BCUT2D eigenvalue weighted by atomic mass is 9.86. The first-order valence-corrected chi connectivity index (χ1v) is 8.08. The first-order valence-electron chi connectivity index (χ1n) is 8.08. The fraction of sp³-hybridized carbons (Fsp3) is 0.474. The summed E-state index contributed by atoms with van der Waals surface area (Å²) in [6.07, 6.45) is 5.29. The van der Waals surface area contributed by atoms with Gasteiger partial charge < -0.3 is 4.90 Å². The van der Waals surface area contributed by atoms with E-state index >= 15 is 0 Å². The van der Waals surface area contributed by atoms with Crippen molar-refractivity contribution in [2.45, 2.75) is 38.5 Å². The molecular formula is C19H25N. The highest BCUT2D eigenvalue weighted by Crippen LogP contribution is 2.33. The van der Waals surface area contributed by atoms with Crippen molar-refractivity contribution >= 4 is 10.8 Å². The maximum atomic E-state index is 2.64. The molecule has 1 heteroatoms.